The Balaban J connectivity index is 1.21. The van der Waals surface area contributed by atoms with Gasteiger partial charge in [0.25, 0.3) is 0 Å². The Labute approximate surface area is 308 Å². The fraction of sp³-hybridized carbons (Fsp3) is 0. The normalized spacial score (nSPS) is 11.7. The lowest BCUT2D eigenvalue weighted by molar-refractivity contribution is 1.08. The molecule has 1 aromatic heterocycles. The average molecular weight is 677 g/mol. The lowest BCUT2D eigenvalue weighted by Gasteiger charge is -2.32. The Morgan fingerprint density at radius 2 is 0.717 bits per heavy atom. The second-order valence-corrected chi connectivity index (χ2v) is 13.2. The van der Waals surface area contributed by atoms with Crippen molar-refractivity contribution in [1.29, 1.82) is 0 Å². The molecule has 0 atom stereocenters. The number of hydrogen-bond donors (Lipinski definition) is 0. The molecule has 0 bridgehead atoms. The van der Waals surface area contributed by atoms with E-state index in [-0.39, 0.29) is 0 Å². The zero-order valence-corrected chi connectivity index (χ0v) is 28.8. The Kier molecular flexibility index (Phi) is 7.43. The monoisotopic (exact) mass is 676 g/mol. The number of hydrogen-bond acceptors (Lipinski definition) is 4. The lowest BCUT2D eigenvalue weighted by atomic mass is 9.86. The van der Waals surface area contributed by atoms with E-state index >= 15 is 0 Å². The second-order valence-electron chi connectivity index (χ2n) is 13.2. The van der Waals surface area contributed by atoms with Crippen LogP contribution in [0.1, 0.15) is 0 Å². The lowest BCUT2D eigenvalue weighted by Crippen LogP contribution is -2.13. The Morgan fingerprint density at radius 1 is 0.283 bits per heavy atom. The third-order valence-corrected chi connectivity index (χ3v) is 10.1. The summed E-state index contributed by atoms with van der Waals surface area (Å²) in [6.45, 7) is 0. The van der Waals surface area contributed by atoms with Gasteiger partial charge < -0.3 is 4.90 Å². The zero-order chi connectivity index (χ0) is 35.1. The summed E-state index contributed by atoms with van der Waals surface area (Å²) in [5.41, 5.74) is 13.2. The van der Waals surface area contributed by atoms with Crippen LogP contribution in [-0.2, 0) is 0 Å². The van der Waals surface area contributed by atoms with Gasteiger partial charge in [0.15, 0.2) is 17.5 Å². The molecule has 0 radical (unpaired) electrons. The molecule has 1 aliphatic heterocycles. The van der Waals surface area contributed by atoms with Crippen LogP contribution >= 0.6 is 0 Å². The topological polar surface area (TPSA) is 41.9 Å². The first-order chi connectivity index (χ1) is 26.3. The van der Waals surface area contributed by atoms with Crippen molar-refractivity contribution in [3.63, 3.8) is 0 Å². The van der Waals surface area contributed by atoms with Crippen molar-refractivity contribution < 1.29 is 0 Å². The highest BCUT2D eigenvalue weighted by Crippen LogP contribution is 2.51. The highest BCUT2D eigenvalue weighted by atomic mass is 15.1. The molecule has 9 aromatic rings. The van der Waals surface area contributed by atoms with Crippen LogP contribution in [0.2, 0.25) is 0 Å². The molecule has 0 spiro atoms. The molecule has 8 aromatic carbocycles. The molecule has 2 heterocycles. The number of rotatable bonds is 5. The molecule has 0 saturated carbocycles. The van der Waals surface area contributed by atoms with Gasteiger partial charge in [0, 0.05) is 33.5 Å². The average Bonchev–Trinajstić information content (AvgIpc) is 3.24. The van der Waals surface area contributed by atoms with Crippen molar-refractivity contribution >= 4 is 27.8 Å². The maximum Gasteiger partial charge on any atom is 0.164 e. The molecule has 248 valence electrons. The Hall–Kier alpha value is -7.17. The van der Waals surface area contributed by atoms with E-state index in [0.29, 0.717) is 17.5 Å². The quantitative estimate of drug-likeness (QED) is 0.182. The van der Waals surface area contributed by atoms with Gasteiger partial charge in [-0.05, 0) is 63.4 Å². The van der Waals surface area contributed by atoms with Gasteiger partial charge in [-0.2, -0.15) is 0 Å². The first-order valence-electron chi connectivity index (χ1n) is 17.9. The van der Waals surface area contributed by atoms with Gasteiger partial charge in [0.2, 0.25) is 0 Å². The molecule has 0 amide bonds. The van der Waals surface area contributed by atoms with E-state index < -0.39 is 0 Å². The maximum atomic E-state index is 5.21. The molecule has 1 aliphatic rings. The van der Waals surface area contributed by atoms with Crippen LogP contribution in [0.25, 0.3) is 78.3 Å². The van der Waals surface area contributed by atoms with E-state index in [4.69, 9.17) is 15.0 Å². The third-order valence-electron chi connectivity index (χ3n) is 10.1. The number of para-hydroxylation sites is 3. The van der Waals surface area contributed by atoms with Gasteiger partial charge in [-0.1, -0.05) is 164 Å². The fourth-order valence-corrected chi connectivity index (χ4v) is 7.61. The third kappa shape index (κ3) is 5.36. The van der Waals surface area contributed by atoms with E-state index in [1.165, 1.54) is 22.1 Å². The van der Waals surface area contributed by atoms with Gasteiger partial charge in [-0.3, -0.25) is 0 Å². The minimum absolute atomic E-state index is 0.636. The largest absolute Gasteiger partial charge is 0.309 e. The molecular weight excluding hydrogens is 645 g/mol. The van der Waals surface area contributed by atoms with Crippen molar-refractivity contribution in [2.75, 3.05) is 4.90 Å². The van der Waals surface area contributed by atoms with Crippen molar-refractivity contribution in [2.24, 2.45) is 0 Å². The number of nitrogens with zero attached hydrogens (tertiary/aromatic N) is 4. The van der Waals surface area contributed by atoms with Gasteiger partial charge >= 0.3 is 0 Å². The van der Waals surface area contributed by atoms with Gasteiger partial charge in [0.05, 0.1) is 11.4 Å². The molecule has 0 fully saturated rings. The van der Waals surface area contributed by atoms with Crippen LogP contribution in [0.15, 0.2) is 194 Å². The van der Waals surface area contributed by atoms with Crippen molar-refractivity contribution in [2.45, 2.75) is 0 Å². The predicted octanol–water partition coefficient (Wildman–Crippen LogP) is 12.8. The zero-order valence-electron chi connectivity index (χ0n) is 28.8. The number of anilines is 3. The molecule has 4 nitrogen and oxygen atoms in total. The molecule has 0 unspecified atom stereocenters. The SMILES string of the molecule is c1ccc(-c2ccc(-c3nc(-c4ccccc4)nc(-c4ccc5c6c(cccc46)-c4ccccc4N(c4ccccc4)c4ccccc4-5)n3)cc2)cc1. The maximum absolute atomic E-state index is 5.21. The van der Waals surface area contributed by atoms with Crippen LogP contribution in [0.5, 0.6) is 0 Å². The Morgan fingerprint density at radius 3 is 1.36 bits per heavy atom. The number of fused-ring (bicyclic) bond motifs is 4. The second kappa shape index (κ2) is 12.9. The molecule has 0 N–H and O–H groups in total. The number of benzene rings is 8. The first-order valence-corrected chi connectivity index (χ1v) is 17.9. The minimum Gasteiger partial charge on any atom is -0.309 e. The summed E-state index contributed by atoms with van der Waals surface area (Å²) < 4.78 is 0. The van der Waals surface area contributed by atoms with Crippen LogP contribution in [0, 0.1) is 0 Å². The van der Waals surface area contributed by atoms with Crippen LogP contribution < -0.4 is 4.90 Å². The van der Waals surface area contributed by atoms with E-state index in [0.717, 1.165) is 55.8 Å². The highest BCUT2D eigenvalue weighted by Gasteiger charge is 2.26. The standard InChI is InChI=1S/C49H32N4/c1-4-15-33(16-5-1)34-27-29-36(30-28-34)48-50-47(35-17-6-2-7-18-35)51-49(52-48)43-32-31-42-39-22-11-13-26-45(39)53(37-19-8-3-9-20-37)44-25-12-10-21-38(44)40-23-14-24-41(43)46(40)42/h1-32H. The molecule has 53 heavy (non-hydrogen) atoms. The smallest absolute Gasteiger partial charge is 0.164 e. The van der Waals surface area contributed by atoms with Crippen molar-refractivity contribution in [1.82, 2.24) is 15.0 Å². The summed E-state index contributed by atoms with van der Waals surface area (Å²) in [5, 5.41) is 2.27. The molecule has 0 saturated heterocycles. The summed E-state index contributed by atoms with van der Waals surface area (Å²) in [6.07, 6.45) is 0. The predicted molar refractivity (Wildman–Crippen MR) is 218 cm³/mol. The minimum atomic E-state index is 0.636. The number of aromatic nitrogens is 3. The van der Waals surface area contributed by atoms with Crippen LogP contribution in [0.3, 0.4) is 0 Å². The fourth-order valence-electron chi connectivity index (χ4n) is 7.61. The van der Waals surface area contributed by atoms with Crippen molar-refractivity contribution in [3.8, 4) is 67.5 Å². The van der Waals surface area contributed by atoms with Crippen LogP contribution in [-0.4, -0.2) is 15.0 Å². The van der Waals surface area contributed by atoms with E-state index in [1.807, 2.05) is 24.3 Å². The van der Waals surface area contributed by atoms with Gasteiger partial charge in [-0.15, -0.1) is 0 Å². The van der Waals surface area contributed by atoms with Gasteiger partial charge in [-0.25, -0.2) is 15.0 Å². The summed E-state index contributed by atoms with van der Waals surface area (Å²) in [6, 6.07) is 68.2. The summed E-state index contributed by atoms with van der Waals surface area (Å²) in [5.74, 6) is 1.91. The summed E-state index contributed by atoms with van der Waals surface area (Å²) in [4.78, 5) is 17.8. The molecular formula is C49H32N4. The summed E-state index contributed by atoms with van der Waals surface area (Å²) >= 11 is 0. The first kappa shape index (κ1) is 30.6. The molecule has 4 heteroatoms. The van der Waals surface area contributed by atoms with E-state index in [9.17, 15) is 0 Å². The highest BCUT2D eigenvalue weighted by molar-refractivity contribution is 6.16. The van der Waals surface area contributed by atoms with E-state index in [2.05, 4.69) is 175 Å². The Bertz CT molecular complexity index is 2710. The van der Waals surface area contributed by atoms with Crippen molar-refractivity contribution in [3.05, 3.63) is 194 Å². The van der Waals surface area contributed by atoms with Crippen LogP contribution in [0.4, 0.5) is 17.1 Å². The van der Waals surface area contributed by atoms with Gasteiger partial charge in [0.1, 0.15) is 0 Å². The van der Waals surface area contributed by atoms with E-state index in [1.54, 1.807) is 0 Å². The summed E-state index contributed by atoms with van der Waals surface area (Å²) in [7, 11) is 0. The molecule has 0 aliphatic carbocycles. The molecule has 10 rings (SSSR count).